The Morgan fingerprint density at radius 1 is 1.37 bits per heavy atom. The Kier molecular flexibility index (Phi) is 5.65. The van der Waals surface area contributed by atoms with Gasteiger partial charge < -0.3 is 14.9 Å². The van der Waals surface area contributed by atoms with E-state index < -0.39 is 6.23 Å². The summed E-state index contributed by atoms with van der Waals surface area (Å²) in [5.74, 6) is 0.693. The summed E-state index contributed by atoms with van der Waals surface area (Å²) < 4.78 is 5.01. The summed E-state index contributed by atoms with van der Waals surface area (Å²) in [4.78, 5) is 15.9. The third-order valence-electron chi connectivity index (χ3n) is 3.18. The van der Waals surface area contributed by atoms with Crippen molar-refractivity contribution in [3.05, 3.63) is 30.3 Å². The maximum Gasteiger partial charge on any atom is 0.294 e. The van der Waals surface area contributed by atoms with Gasteiger partial charge in [0.25, 0.3) is 6.47 Å². The molecule has 0 saturated carbocycles. The second-order valence-corrected chi connectivity index (χ2v) is 4.64. The monoisotopic (exact) mass is 264 g/mol. The van der Waals surface area contributed by atoms with Crippen LogP contribution in [0.25, 0.3) is 0 Å². The highest BCUT2D eigenvalue weighted by atomic mass is 16.7. The fourth-order valence-corrected chi connectivity index (χ4v) is 2.20. The number of carbonyl (C=O) groups is 1. The van der Waals surface area contributed by atoms with Crippen molar-refractivity contribution in [3.63, 3.8) is 0 Å². The fraction of sp³-hybridized carbons (Fsp3) is 0.500. The maximum atomic E-state index is 10.5. The summed E-state index contributed by atoms with van der Waals surface area (Å²) in [5.41, 5.74) is 2.79. The van der Waals surface area contributed by atoms with Crippen molar-refractivity contribution in [3.8, 4) is 5.75 Å². The lowest BCUT2D eigenvalue weighted by molar-refractivity contribution is -0.141. The SMILES string of the molecule is O=COC(CC1CCCCN1)NOc1ccccc1. The minimum atomic E-state index is -0.437. The average Bonchev–Trinajstić information content (AvgIpc) is 2.47. The molecule has 1 heterocycles. The highest BCUT2D eigenvalue weighted by Gasteiger charge is 2.19. The minimum Gasteiger partial charge on any atom is -0.446 e. The van der Waals surface area contributed by atoms with Crippen LogP contribution in [0.15, 0.2) is 30.3 Å². The molecule has 2 N–H and O–H groups in total. The molecule has 0 amide bonds. The molecule has 5 nitrogen and oxygen atoms in total. The molecule has 0 aromatic heterocycles. The molecule has 1 fully saturated rings. The second kappa shape index (κ2) is 7.76. The van der Waals surface area contributed by atoms with Crippen LogP contribution in [0, 0.1) is 0 Å². The van der Waals surface area contributed by atoms with Crippen LogP contribution in [0.2, 0.25) is 0 Å². The first-order chi connectivity index (χ1) is 9.38. The molecule has 1 saturated heterocycles. The predicted molar refractivity (Wildman–Crippen MR) is 71.4 cm³/mol. The molecule has 0 radical (unpaired) electrons. The van der Waals surface area contributed by atoms with Gasteiger partial charge in [-0.2, -0.15) is 0 Å². The molecule has 0 aliphatic carbocycles. The highest BCUT2D eigenvalue weighted by molar-refractivity contribution is 5.37. The zero-order valence-corrected chi connectivity index (χ0v) is 10.9. The molecule has 0 bridgehead atoms. The van der Waals surface area contributed by atoms with Crippen LogP contribution < -0.4 is 15.6 Å². The smallest absolute Gasteiger partial charge is 0.294 e. The number of benzene rings is 1. The van der Waals surface area contributed by atoms with Crippen molar-refractivity contribution < 1.29 is 14.4 Å². The van der Waals surface area contributed by atoms with Crippen LogP contribution in [0.5, 0.6) is 5.75 Å². The number of carbonyl (C=O) groups excluding carboxylic acids is 1. The number of rotatable bonds is 7. The minimum absolute atomic E-state index is 0.366. The van der Waals surface area contributed by atoms with Gasteiger partial charge in [-0.05, 0) is 31.5 Å². The third kappa shape index (κ3) is 4.89. The largest absolute Gasteiger partial charge is 0.446 e. The normalized spacial score (nSPS) is 20.5. The molecule has 1 aromatic carbocycles. The van der Waals surface area contributed by atoms with Crippen molar-refractivity contribution in [2.24, 2.45) is 0 Å². The molecule has 19 heavy (non-hydrogen) atoms. The zero-order valence-electron chi connectivity index (χ0n) is 10.9. The van der Waals surface area contributed by atoms with Crippen molar-refractivity contribution in [1.82, 2.24) is 10.8 Å². The van der Waals surface area contributed by atoms with Crippen molar-refractivity contribution in [2.75, 3.05) is 6.54 Å². The molecule has 1 aliphatic heterocycles. The molecular formula is C14H20N2O3. The quantitative estimate of drug-likeness (QED) is 0.445. The summed E-state index contributed by atoms with van der Waals surface area (Å²) >= 11 is 0. The van der Waals surface area contributed by atoms with Gasteiger partial charge in [-0.3, -0.25) is 4.79 Å². The first-order valence-corrected chi connectivity index (χ1v) is 6.68. The maximum absolute atomic E-state index is 10.5. The van der Waals surface area contributed by atoms with Gasteiger partial charge in [0, 0.05) is 12.5 Å². The molecule has 2 atom stereocenters. The van der Waals surface area contributed by atoms with E-state index in [1.54, 1.807) is 0 Å². The van der Waals surface area contributed by atoms with Gasteiger partial charge in [-0.15, -0.1) is 5.48 Å². The number of piperidine rings is 1. The molecule has 2 unspecified atom stereocenters. The Hall–Kier alpha value is -1.59. The van der Waals surface area contributed by atoms with Gasteiger partial charge in [-0.1, -0.05) is 24.6 Å². The van der Waals surface area contributed by atoms with E-state index in [0.29, 0.717) is 24.7 Å². The van der Waals surface area contributed by atoms with E-state index in [-0.39, 0.29) is 0 Å². The van der Waals surface area contributed by atoms with Gasteiger partial charge in [-0.25, -0.2) is 0 Å². The van der Waals surface area contributed by atoms with Gasteiger partial charge in [0.2, 0.25) is 0 Å². The molecule has 104 valence electrons. The molecule has 1 aromatic rings. The average molecular weight is 264 g/mol. The summed E-state index contributed by atoms with van der Waals surface area (Å²) in [6.45, 7) is 1.48. The van der Waals surface area contributed by atoms with E-state index in [1.807, 2.05) is 30.3 Å². The first-order valence-electron chi connectivity index (χ1n) is 6.68. The second-order valence-electron chi connectivity index (χ2n) is 4.64. The molecule has 1 aliphatic rings. The van der Waals surface area contributed by atoms with E-state index in [4.69, 9.17) is 9.57 Å². The zero-order chi connectivity index (χ0) is 13.3. The Labute approximate surface area is 113 Å². The van der Waals surface area contributed by atoms with Crippen LogP contribution in [-0.2, 0) is 9.53 Å². The fourth-order valence-electron chi connectivity index (χ4n) is 2.20. The molecular weight excluding hydrogens is 244 g/mol. The number of hydrogen-bond donors (Lipinski definition) is 2. The first kappa shape index (κ1) is 13.8. The van der Waals surface area contributed by atoms with E-state index in [9.17, 15) is 4.79 Å². The van der Waals surface area contributed by atoms with Crippen molar-refractivity contribution in [1.29, 1.82) is 0 Å². The number of nitrogens with one attached hydrogen (secondary N) is 2. The lowest BCUT2D eigenvalue weighted by atomic mass is 10.0. The Balaban J connectivity index is 1.79. The van der Waals surface area contributed by atoms with Gasteiger partial charge in [0.05, 0.1) is 0 Å². The molecule has 0 spiro atoms. The van der Waals surface area contributed by atoms with Crippen LogP contribution in [0.3, 0.4) is 0 Å². The molecule has 5 heteroatoms. The molecule has 2 rings (SSSR count). The summed E-state index contributed by atoms with van der Waals surface area (Å²) in [6.07, 6.45) is 3.79. The topological polar surface area (TPSA) is 59.6 Å². The lowest BCUT2D eigenvalue weighted by Gasteiger charge is -2.27. The van der Waals surface area contributed by atoms with Gasteiger partial charge in [0.15, 0.2) is 6.23 Å². The Morgan fingerprint density at radius 3 is 2.89 bits per heavy atom. The van der Waals surface area contributed by atoms with Gasteiger partial charge in [0.1, 0.15) is 5.75 Å². The van der Waals surface area contributed by atoms with E-state index in [0.717, 1.165) is 13.0 Å². The Morgan fingerprint density at radius 2 is 2.21 bits per heavy atom. The van der Waals surface area contributed by atoms with Gasteiger partial charge >= 0.3 is 0 Å². The van der Waals surface area contributed by atoms with Crippen molar-refractivity contribution >= 4 is 6.47 Å². The standard InChI is InChI=1S/C14H20N2O3/c17-11-18-14(10-12-6-4-5-9-15-12)16-19-13-7-2-1-3-8-13/h1-3,7-8,11-12,14-16H,4-6,9-10H2. The van der Waals surface area contributed by atoms with E-state index in [1.165, 1.54) is 12.8 Å². The number of ether oxygens (including phenoxy) is 1. The number of hydroxylamine groups is 1. The van der Waals surface area contributed by atoms with E-state index >= 15 is 0 Å². The van der Waals surface area contributed by atoms with Crippen molar-refractivity contribution in [2.45, 2.75) is 38.0 Å². The van der Waals surface area contributed by atoms with E-state index in [2.05, 4.69) is 10.8 Å². The highest BCUT2D eigenvalue weighted by Crippen LogP contribution is 2.13. The van der Waals surface area contributed by atoms with Crippen LogP contribution in [-0.4, -0.2) is 25.3 Å². The summed E-state index contributed by atoms with van der Waals surface area (Å²) in [6, 6.07) is 9.72. The van der Waals surface area contributed by atoms with Crippen LogP contribution >= 0.6 is 0 Å². The summed E-state index contributed by atoms with van der Waals surface area (Å²) in [5, 5.41) is 3.41. The van der Waals surface area contributed by atoms with Crippen LogP contribution in [0.1, 0.15) is 25.7 Å². The predicted octanol–water partition coefficient (Wildman–Crippen LogP) is 1.60. The lowest BCUT2D eigenvalue weighted by Crippen LogP contribution is -2.43. The van der Waals surface area contributed by atoms with Crippen LogP contribution in [0.4, 0.5) is 0 Å². The number of hydrogen-bond acceptors (Lipinski definition) is 5. The number of para-hydroxylation sites is 1. The third-order valence-corrected chi connectivity index (χ3v) is 3.18. The Bertz CT molecular complexity index is 366. The summed E-state index contributed by atoms with van der Waals surface area (Å²) in [7, 11) is 0.